The predicted octanol–water partition coefficient (Wildman–Crippen LogP) is 3.60. The van der Waals surface area contributed by atoms with Crippen molar-refractivity contribution in [2.45, 2.75) is 65.0 Å². The zero-order chi connectivity index (χ0) is 14.8. The molecule has 1 saturated carbocycles. The SMILES string of the molecule is CCC(C)(C)C1CCC(CN)C(N(C)C2CCSC2)C1. The maximum Gasteiger partial charge on any atom is 0.0194 e. The summed E-state index contributed by atoms with van der Waals surface area (Å²) in [5.41, 5.74) is 6.57. The van der Waals surface area contributed by atoms with Crippen molar-refractivity contribution in [2.75, 3.05) is 25.1 Å². The number of hydrogen-bond donors (Lipinski definition) is 1. The van der Waals surface area contributed by atoms with Gasteiger partial charge in [0.15, 0.2) is 0 Å². The molecule has 1 heterocycles. The molecule has 0 bridgehead atoms. The highest BCUT2D eigenvalue weighted by molar-refractivity contribution is 7.99. The fourth-order valence-electron chi connectivity index (χ4n) is 4.10. The lowest BCUT2D eigenvalue weighted by atomic mass is 9.65. The van der Waals surface area contributed by atoms with E-state index in [1.807, 2.05) is 0 Å². The van der Waals surface area contributed by atoms with E-state index in [0.29, 0.717) is 11.5 Å². The van der Waals surface area contributed by atoms with Gasteiger partial charge in [-0.1, -0.05) is 27.2 Å². The second kappa shape index (κ2) is 7.02. The van der Waals surface area contributed by atoms with Crippen molar-refractivity contribution in [3.63, 3.8) is 0 Å². The number of nitrogens with zero attached hydrogens (tertiary/aromatic N) is 1. The summed E-state index contributed by atoms with van der Waals surface area (Å²) in [5.74, 6) is 4.26. The summed E-state index contributed by atoms with van der Waals surface area (Å²) in [6.07, 6.45) is 6.74. The van der Waals surface area contributed by atoms with Crippen LogP contribution in [0.1, 0.15) is 52.9 Å². The van der Waals surface area contributed by atoms with Crippen LogP contribution in [0.4, 0.5) is 0 Å². The van der Waals surface area contributed by atoms with E-state index in [-0.39, 0.29) is 0 Å². The summed E-state index contributed by atoms with van der Waals surface area (Å²) in [5, 5.41) is 0. The molecule has 1 aliphatic heterocycles. The molecule has 0 aromatic heterocycles. The van der Waals surface area contributed by atoms with Crippen molar-refractivity contribution in [1.29, 1.82) is 0 Å². The normalized spacial score (nSPS) is 35.7. The maximum absolute atomic E-state index is 6.09. The van der Waals surface area contributed by atoms with Crippen LogP contribution in [0.15, 0.2) is 0 Å². The van der Waals surface area contributed by atoms with Crippen LogP contribution in [0, 0.1) is 17.3 Å². The van der Waals surface area contributed by atoms with Crippen LogP contribution in [0.5, 0.6) is 0 Å². The van der Waals surface area contributed by atoms with Crippen molar-refractivity contribution in [3.8, 4) is 0 Å². The minimum absolute atomic E-state index is 0.489. The van der Waals surface area contributed by atoms with E-state index in [1.54, 1.807) is 0 Å². The summed E-state index contributed by atoms with van der Waals surface area (Å²) < 4.78 is 0. The standard InChI is InChI=1S/C17H34N2S/c1-5-17(2,3)14-7-6-13(11-18)16(10-14)19(4)15-8-9-20-12-15/h13-16H,5-12,18H2,1-4H3. The van der Waals surface area contributed by atoms with E-state index in [2.05, 4.69) is 44.5 Å². The van der Waals surface area contributed by atoms with Gasteiger partial charge in [-0.25, -0.2) is 0 Å². The fraction of sp³-hybridized carbons (Fsp3) is 1.00. The number of nitrogens with two attached hydrogens (primary N) is 1. The third-order valence-electron chi connectivity index (χ3n) is 6.28. The molecule has 2 nitrogen and oxygen atoms in total. The van der Waals surface area contributed by atoms with E-state index in [4.69, 9.17) is 5.73 Å². The third kappa shape index (κ3) is 3.53. The van der Waals surface area contributed by atoms with Crippen LogP contribution in [0.2, 0.25) is 0 Å². The monoisotopic (exact) mass is 298 g/mol. The average Bonchev–Trinajstić information content (AvgIpc) is 3.00. The zero-order valence-corrected chi connectivity index (χ0v) is 14.7. The van der Waals surface area contributed by atoms with Crippen LogP contribution >= 0.6 is 11.8 Å². The van der Waals surface area contributed by atoms with Crippen molar-refractivity contribution in [1.82, 2.24) is 4.90 Å². The van der Waals surface area contributed by atoms with Gasteiger partial charge in [0.25, 0.3) is 0 Å². The fourth-order valence-corrected chi connectivity index (χ4v) is 5.37. The molecule has 2 aliphatic rings. The molecule has 118 valence electrons. The molecule has 0 spiro atoms. The van der Waals surface area contributed by atoms with Crippen molar-refractivity contribution < 1.29 is 0 Å². The Labute approximate surface area is 130 Å². The van der Waals surface area contributed by atoms with E-state index in [1.165, 1.54) is 43.6 Å². The Morgan fingerprint density at radius 1 is 1.25 bits per heavy atom. The zero-order valence-electron chi connectivity index (χ0n) is 13.9. The van der Waals surface area contributed by atoms with Crippen LogP contribution in [0.3, 0.4) is 0 Å². The molecule has 20 heavy (non-hydrogen) atoms. The van der Waals surface area contributed by atoms with Gasteiger partial charge < -0.3 is 5.73 Å². The first kappa shape index (κ1) is 16.6. The average molecular weight is 299 g/mol. The molecule has 0 aromatic carbocycles. The highest BCUT2D eigenvalue weighted by Crippen LogP contribution is 2.44. The lowest BCUT2D eigenvalue weighted by Crippen LogP contribution is -2.50. The van der Waals surface area contributed by atoms with Gasteiger partial charge >= 0.3 is 0 Å². The van der Waals surface area contributed by atoms with Crippen molar-refractivity contribution >= 4 is 11.8 Å². The summed E-state index contributed by atoms with van der Waals surface area (Å²) in [7, 11) is 2.37. The lowest BCUT2D eigenvalue weighted by Gasteiger charge is -2.47. The van der Waals surface area contributed by atoms with Gasteiger partial charge in [-0.15, -0.1) is 0 Å². The Kier molecular flexibility index (Phi) is 5.84. The van der Waals surface area contributed by atoms with Crippen molar-refractivity contribution in [3.05, 3.63) is 0 Å². The minimum Gasteiger partial charge on any atom is -0.330 e. The first-order valence-electron chi connectivity index (χ1n) is 8.49. The molecule has 0 radical (unpaired) electrons. The predicted molar refractivity (Wildman–Crippen MR) is 91.2 cm³/mol. The molecule has 1 saturated heterocycles. The molecule has 4 atom stereocenters. The summed E-state index contributed by atoms with van der Waals surface area (Å²) in [4.78, 5) is 2.70. The first-order chi connectivity index (χ1) is 9.49. The van der Waals surface area contributed by atoms with E-state index in [9.17, 15) is 0 Å². The van der Waals surface area contributed by atoms with E-state index >= 15 is 0 Å². The smallest absolute Gasteiger partial charge is 0.0194 e. The van der Waals surface area contributed by atoms with Gasteiger partial charge in [-0.05, 0) is 62.3 Å². The van der Waals surface area contributed by atoms with Crippen LogP contribution in [0.25, 0.3) is 0 Å². The Hall–Kier alpha value is 0.270. The number of hydrogen-bond acceptors (Lipinski definition) is 3. The number of rotatable bonds is 5. The van der Waals surface area contributed by atoms with Gasteiger partial charge in [0.05, 0.1) is 0 Å². The quantitative estimate of drug-likeness (QED) is 0.841. The molecule has 0 aromatic rings. The number of thioether (sulfide) groups is 1. The first-order valence-corrected chi connectivity index (χ1v) is 9.64. The van der Waals surface area contributed by atoms with E-state index in [0.717, 1.165) is 24.4 Å². The van der Waals surface area contributed by atoms with Gasteiger partial charge in [-0.3, -0.25) is 4.90 Å². The van der Waals surface area contributed by atoms with Crippen molar-refractivity contribution in [2.24, 2.45) is 23.0 Å². The van der Waals surface area contributed by atoms with Gasteiger partial charge in [0.1, 0.15) is 0 Å². The third-order valence-corrected chi connectivity index (χ3v) is 7.42. The minimum atomic E-state index is 0.489. The molecular weight excluding hydrogens is 264 g/mol. The van der Waals surface area contributed by atoms with Crippen LogP contribution in [-0.2, 0) is 0 Å². The largest absolute Gasteiger partial charge is 0.330 e. The molecule has 4 unspecified atom stereocenters. The molecule has 2 fully saturated rings. The molecular formula is C17H34N2S. The maximum atomic E-state index is 6.09. The van der Waals surface area contributed by atoms with Crippen LogP contribution in [-0.4, -0.2) is 42.1 Å². The molecule has 3 heteroatoms. The van der Waals surface area contributed by atoms with Gasteiger partial charge in [0, 0.05) is 17.8 Å². The summed E-state index contributed by atoms with van der Waals surface area (Å²) in [6, 6.07) is 1.51. The highest BCUT2D eigenvalue weighted by Gasteiger charge is 2.40. The Morgan fingerprint density at radius 3 is 2.55 bits per heavy atom. The topological polar surface area (TPSA) is 29.3 Å². The second-order valence-corrected chi connectivity index (χ2v) is 8.75. The second-order valence-electron chi connectivity index (χ2n) is 7.60. The summed E-state index contributed by atoms with van der Waals surface area (Å²) >= 11 is 2.12. The summed E-state index contributed by atoms with van der Waals surface area (Å²) in [6.45, 7) is 8.14. The Bertz CT molecular complexity index is 299. The van der Waals surface area contributed by atoms with Gasteiger partial charge in [0.2, 0.25) is 0 Å². The molecule has 2 N–H and O–H groups in total. The molecule has 2 rings (SSSR count). The Morgan fingerprint density at radius 2 is 2.00 bits per heavy atom. The van der Waals surface area contributed by atoms with Gasteiger partial charge in [-0.2, -0.15) is 11.8 Å². The highest BCUT2D eigenvalue weighted by atomic mass is 32.2. The van der Waals surface area contributed by atoms with Crippen LogP contribution < -0.4 is 5.73 Å². The molecule has 0 amide bonds. The molecule has 1 aliphatic carbocycles. The lowest BCUT2D eigenvalue weighted by molar-refractivity contribution is 0.0349. The van der Waals surface area contributed by atoms with E-state index < -0.39 is 0 Å². The Balaban J connectivity index is 2.05.